The quantitative estimate of drug-likeness (QED) is 0.788. The summed E-state index contributed by atoms with van der Waals surface area (Å²) in [5, 5.41) is 4.96. The normalized spacial score (nSPS) is 10.8. The fourth-order valence-electron chi connectivity index (χ4n) is 2.13. The van der Waals surface area contributed by atoms with Gasteiger partial charge in [-0.2, -0.15) is 0 Å². The number of primary amides is 1. The second kappa shape index (κ2) is 5.17. The van der Waals surface area contributed by atoms with Gasteiger partial charge in [0.25, 0.3) is 5.91 Å². The van der Waals surface area contributed by atoms with Gasteiger partial charge in [-0.25, -0.2) is 9.67 Å². The molecule has 0 aliphatic rings. The number of ether oxygens (including phenoxy) is 1. The van der Waals surface area contributed by atoms with E-state index in [-0.39, 0.29) is 0 Å². The first-order chi connectivity index (χ1) is 10.1. The highest BCUT2D eigenvalue weighted by Crippen LogP contribution is 2.26. The van der Waals surface area contributed by atoms with Crippen molar-refractivity contribution in [1.82, 2.24) is 14.8 Å². The van der Waals surface area contributed by atoms with Gasteiger partial charge in [0.2, 0.25) is 0 Å². The van der Waals surface area contributed by atoms with Crippen LogP contribution in [0.25, 0.3) is 16.7 Å². The van der Waals surface area contributed by atoms with Crippen molar-refractivity contribution in [3.05, 3.63) is 46.7 Å². The summed E-state index contributed by atoms with van der Waals surface area (Å²) in [7, 11) is 1.57. The molecule has 3 aromatic rings. The molecule has 3 rings (SSSR count). The number of methoxy groups -OCH3 is 1. The van der Waals surface area contributed by atoms with Crippen LogP contribution in [-0.4, -0.2) is 27.8 Å². The average Bonchev–Trinajstić information content (AvgIpc) is 2.86. The molecule has 21 heavy (non-hydrogen) atoms. The maximum Gasteiger partial charge on any atom is 0.268 e. The van der Waals surface area contributed by atoms with Gasteiger partial charge in [0.1, 0.15) is 11.4 Å². The molecule has 0 saturated carbocycles. The van der Waals surface area contributed by atoms with Crippen LogP contribution in [0.4, 0.5) is 0 Å². The second-order valence-corrected chi connectivity index (χ2v) is 5.26. The monoisotopic (exact) mass is 346 g/mol. The molecule has 0 spiro atoms. The third-order valence-corrected chi connectivity index (χ3v) is 3.48. The van der Waals surface area contributed by atoms with Gasteiger partial charge in [0, 0.05) is 16.7 Å². The minimum atomic E-state index is -0.565. The number of halogens is 1. The van der Waals surface area contributed by atoms with Crippen LogP contribution in [0, 0.1) is 0 Å². The maximum atomic E-state index is 11.8. The molecule has 7 heteroatoms. The van der Waals surface area contributed by atoms with E-state index in [2.05, 4.69) is 26.0 Å². The summed E-state index contributed by atoms with van der Waals surface area (Å²) in [6.45, 7) is 0. The fourth-order valence-corrected chi connectivity index (χ4v) is 2.59. The van der Waals surface area contributed by atoms with Crippen molar-refractivity contribution in [3.8, 4) is 11.4 Å². The minimum absolute atomic E-state index is 0.290. The van der Waals surface area contributed by atoms with Gasteiger partial charge in [-0.1, -0.05) is 15.9 Å². The predicted octanol–water partition coefficient (Wildman–Crippen LogP) is 2.29. The largest absolute Gasteiger partial charge is 0.497 e. The Labute approximate surface area is 128 Å². The zero-order valence-corrected chi connectivity index (χ0v) is 12.7. The minimum Gasteiger partial charge on any atom is -0.497 e. The first-order valence-electron chi connectivity index (χ1n) is 6.08. The zero-order chi connectivity index (χ0) is 15.0. The smallest absolute Gasteiger partial charge is 0.268 e. The highest BCUT2D eigenvalue weighted by molar-refractivity contribution is 9.10. The molecule has 0 unspecified atom stereocenters. The van der Waals surface area contributed by atoms with Crippen molar-refractivity contribution in [3.63, 3.8) is 0 Å². The molecular formula is C14H11BrN4O2. The molecule has 0 aliphatic heterocycles. The number of carbonyl (C=O) groups excluding carboxylic acids is 1. The van der Waals surface area contributed by atoms with Crippen molar-refractivity contribution in [2.24, 2.45) is 5.73 Å². The first-order valence-corrected chi connectivity index (χ1v) is 6.88. The molecule has 2 aromatic heterocycles. The summed E-state index contributed by atoms with van der Waals surface area (Å²) < 4.78 is 7.51. The molecule has 0 bridgehead atoms. The summed E-state index contributed by atoms with van der Waals surface area (Å²) in [5.41, 5.74) is 6.91. The summed E-state index contributed by atoms with van der Waals surface area (Å²) in [6, 6.07) is 8.91. The molecule has 0 atom stereocenters. The number of hydrogen-bond donors (Lipinski definition) is 1. The van der Waals surface area contributed by atoms with Gasteiger partial charge < -0.3 is 10.5 Å². The first kappa shape index (κ1) is 13.6. The highest BCUT2D eigenvalue weighted by Gasteiger charge is 2.18. The highest BCUT2D eigenvalue weighted by atomic mass is 79.9. The number of nitrogens with zero attached hydrogens (tertiary/aromatic N) is 3. The van der Waals surface area contributed by atoms with E-state index in [0.717, 1.165) is 4.47 Å². The number of nitrogens with two attached hydrogens (primary N) is 1. The number of aromatic nitrogens is 3. The molecule has 2 N–H and O–H groups in total. The van der Waals surface area contributed by atoms with Crippen molar-refractivity contribution < 1.29 is 9.53 Å². The van der Waals surface area contributed by atoms with Crippen LogP contribution >= 0.6 is 15.9 Å². The van der Waals surface area contributed by atoms with E-state index in [0.29, 0.717) is 28.2 Å². The third-order valence-electron chi connectivity index (χ3n) is 3.02. The lowest BCUT2D eigenvalue weighted by Crippen LogP contribution is -2.17. The van der Waals surface area contributed by atoms with E-state index < -0.39 is 5.91 Å². The molecule has 0 saturated heterocycles. The molecule has 0 aliphatic carbocycles. The Balaban J connectivity index is 2.32. The Bertz CT molecular complexity index is 844. The van der Waals surface area contributed by atoms with Crippen LogP contribution < -0.4 is 10.5 Å². The molecule has 106 valence electrons. The standard InChI is InChI=1S/C14H11BrN4O2/c1-21-10-6-8(15)5-9(7-10)19-12(13(16)20)11-3-2-4-17-14(11)18-19/h2-7H,1H3,(H2,16,20). The van der Waals surface area contributed by atoms with Crippen molar-refractivity contribution in [1.29, 1.82) is 0 Å². The van der Waals surface area contributed by atoms with E-state index in [9.17, 15) is 4.79 Å². The van der Waals surface area contributed by atoms with Crippen LogP contribution in [0.5, 0.6) is 5.75 Å². The summed E-state index contributed by atoms with van der Waals surface area (Å²) >= 11 is 3.40. The lowest BCUT2D eigenvalue weighted by Gasteiger charge is -2.08. The maximum absolute atomic E-state index is 11.8. The van der Waals surface area contributed by atoms with E-state index >= 15 is 0 Å². The van der Waals surface area contributed by atoms with E-state index in [1.54, 1.807) is 31.5 Å². The lowest BCUT2D eigenvalue weighted by molar-refractivity contribution is 0.0994. The van der Waals surface area contributed by atoms with Gasteiger partial charge in [-0.05, 0) is 24.3 Å². The van der Waals surface area contributed by atoms with Crippen LogP contribution in [-0.2, 0) is 0 Å². The van der Waals surface area contributed by atoms with Gasteiger partial charge in [0.15, 0.2) is 5.65 Å². The SMILES string of the molecule is COc1cc(Br)cc(-n2nc3ncccc3c2C(N)=O)c1. The van der Waals surface area contributed by atoms with Crippen molar-refractivity contribution >= 4 is 32.9 Å². The Hall–Kier alpha value is -2.41. The summed E-state index contributed by atoms with van der Waals surface area (Å²) in [5.74, 6) is 0.0757. The predicted molar refractivity (Wildman–Crippen MR) is 81.6 cm³/mol. The van der Waals surface area contributed by atoms with E-state index in [4.69, 9.17) is 10.5 Å². The molecule has 0 fully saturated rings. The van der Waals surface area contributed by atoms with E-state index in [1.165, 1.54) is 4.68 Å². The number of fused-ring (bicyclic) bond motifs is 1. The van der Waals surface area contributed by atoms with Crippen molar-refractivity contribution in [2.45, 2.75) is 0 Å². The third kappa shape index (κ3) is 2.36. The Morgan fingerprint density at radius 2 is 2.19 bits per heavy atom. The Morgan fingerprint density at radius 1 is 1.38 bits per heavy atom. The summed E-state index contributed by atoms with van der Waals surface area (Å²) in [4.78, 5) is 16.0. The Morgan fingerprint density at radius 3 is 2.90 bits per heavy atom. The molecular weight excluding hydrogens is 336 g/mol. The van der Waals surface area contributed by atoms with Crippen molar-refractivity contribution in [2.75, 3.05) is 7.11 Å². The molecule has 0 radical (unpaired) electrons. The van der Waals surface area contributed by atoms with Gasteiger partial charge in [0.05, 0.1) is 18.2 Å². The van der Waals surface area contributed by atoms with Crippen LogP contribution in [0.15, 0.2) is 41.0 Å². The molecule has 6 nitrogen and oxygen atoms in total. The number of amides is 1. The van der Waals surface area contributed by atoms with Gasteiger partial charge in [-0.3, -0.25) is 4.79 Å². The zero-order valence-electron chi connectivity index (χ0n) is 11.1. The average molecular weight is 347 g/mol. The topological polar surface area (TPSA) is 83.0 Å². The van der Waals surface area contributed by atoms with Crippen LogP contribution in [0.2, 0.25) is 0 Å². The summed E-state index contributed by atoms with van der Waals surface area (Å²) in [6.07, 6.45) is 1.62. The lowest BCUT2D eigenvalue weighted by atomic mass is 10.2. The number of hydrogen-bond acceptors (Lipinski definition) is 4. The number of pyridine rings is 1. The van der Waals surface area contributed by atoms with Gasteiger partial charge in [-0.15, -0.1) is 5.10 Å². The molecule has 2 heterocycles. The number of benzene rings is 1. The van der Waals surface area contributed by atoms with E-state index in [1.807, 2.05) is 12.1 Å². The molecule has 1 amide bonds. The van der Waals surface area contributed by atoms with Gasteiger partial charge >= 0.3 is 0 Å². The Kier molecular flexibility index (Phi) is 3.34. The number of rotatable bonds is 3. The van der Waals surface area contributed by atoms with Crippen LogP contribution in [0.3, 0.4) is 0 Å². The molecule has 1 aromatic carbocycles. The van der Waals surface area contributed by atoms with Crippen LogP contribution in [0.1, 0.15) is 10.5 Å². The number of carbonyl (C=O) groups is 1. The fraction of sp³-hybridized carbons (Fsp3) is 0.0714. The second-order valence-electron chi connectivity index (χ2n) is 4.35.